The number of halogens is 1. The van der Waals surface area contributed by atoms with Crippen molar-refractivity contribution in [2.75, 3.05) is 0 Å². The van der Waals surface area contributed by atoms with Gasteiger partial charge < -0.3 is 15.2 Å². The first-order valence-electron chi connectivity index (χ1n) is 6.15. The van der Waals surface area contributed by atoms with Gasteiger partial charge in [-0.2, -0.15) is 0 Å². The molecule has 0 aliphatic rings. The number of hydrogen-bond donors (Lipinski definition) is 2. The van der Waals surface area contributed by atoms with Gasteiger partial charge in [0.2, 0.25) is 0 Å². The van der Waals surface area contributed by atoms with Crippen molar-refractivity contribution < 1.29 is 14.6 Å². The zero-order valence-corrected chi connectivity index (χ0v) is 13.2. The Morgan fingerprint density at radius 3 is 2.50 bits per heavy atom. The maximum Gasteiger partial charge on any atom is 0.408 e. The Balaban J connectivity index is 4.59. The number of aliphatic hydroxyl groups excluding tert-OH is 1. The molecule has 4 nitrogen and oxygen atoms in total. The van der Waals surface area contributed by atoms with Crippen LogP contribution in [0.2, 0.25) is 0 Å². The first-order chi connectivity index (χ1) is 8.21. The van der Waals surface area contributed by atoms with Crippen molar-refractivity contribution in [2.24, 2.45) is 0 Å². The second-order valence-corrected chi connectivity index (χ2v) is 6.38. The van der Waals surface area contributed by atoms with E-state index in [2.05, 4.69) is 27.8 Å². The summed E-state index contributed by atoms with van der Waals surface area (Å²) in [7, 11) is 0. The molecule has 1 amide bonds. The van der Waals surface area contributed by atoms with Crippen LogP contribution in [0.4, 0.5) is 4.79 Å². The summed E-state index contributed by atoms with van der Waals surface area (Å²) in [5.41, 5.74) is -0.555. The van der Waals surface area contributed by atoms with Gasteiger partial charge in [0.1, 0.15) is 5.60 Å². The van der Waals surface area contributed by atoms with Gasteiger partial charge in [-0.1, -0.05) is 35.4 Å². The van der Waals surface area contributed by atoms with Crippen molar-refractivity contribution in [1.29, 1.82) is 0 Å². The fourth-order valence-electron chi connectivity index (χ4n) is 1.44. The first-order valence-corrected chi connectivity index (χ1v) is 7.07. The molecule has 0 unspecified atom stereocenters. The van der Waals surface area contributed by atoms with Crippen LogP contribution in [-0.4, -0.2) is 33.8 Å². The topological polar surface area (TPSA) is 58.6 Å². The zero-order valence-electron chi connectivity index (χ0n) is 11.6. The van der Waals surface area contributed by atoms with E-state index in [9.17, 15) is 9.90 Å². The van der Waals surface area contributed by atoms with Gasteiger partial charge in [0.15, 0.2) is 0 Å². The summed E-state index contributed by atoms with van der Waals surface area (Å²) in [4.78, 5) is 11.7. The maximum atomic E-state index is 11.7. The molecule has 0 rings (SSSR count). The fourth-order valence-corrected chi connectivity index (χ4v) is 2.34. The highest BCUT2D eigenvalue weighted by Crippen LogP contribution is 2.17. The van der Waals surface area contributed by atoms with E-state index in [0.717, 1.165) is 12.8 Å². The van der Waals surface area contributed by atoms with E-state index in [-0.39, 0.29) is 4.83 Å². The van der Waals surface area contributed by atoms with E-state index < -0.39 is 23.8 Å². The highest BCUT2D eigenvalue weighted by atomic mass is 79.9. The molecule has 0 saturated heterocycles. The average molecular weight is 322 g/mol. The second kappa shape index (κ2) is 7.79. The summed E-state index contributed by atoms with van der Waals surface area (Å²) in [5.74, 6) is 0. The highest BCUT2D eigenvalue weighted by molar-refractivity contribution is 9.09. The lowest BCUT2D eigenvalue weighted by atomic mass is 10.0. The lowest BCUT2D eigenvalue weighted by molar-refractivity contribution is 0.0453. The predicted octanol–water partition coefficient (Wildman–Crippen LogP) is 2.99. The van der Waals surface area contributed by atoms with Crippen LogP contribution >= 0.6 is 15.9 Å². The number of ether oxygens (including phenoxy) is 1. The van der Waals surface area contributed by atoms with Gasteiger partial charge in [-0.15, -0.1) is 6.58 Å². The predicted molar refractivity (Wildman–Crippen MR) is 77.0 cm³/mol. The Labute approximate surface area is 118 Å². The summed E-state index contributed by atoms with van der Waals surface area (Å²) < 4.78 is 5.17. The Bertz CT molecular complexity index is 276. The molecule has 0 spiro atoms. The number of alkyl carbamates (subject to hydrolysis) is 1. The lowest BCUT2D eigenvalue weighted by Crippen LogP contribution is -2.49. The van der Waals surface area contributed by atoms with Crippen molar-refractivity contribution in [3.8, 4) is 0 Å². The minimum Gasteiger partial charge on any atom is -0.444 e. The number of carbonyl (C=O) groups is 1. The molecule has 5 heteroatoms. The summed E-state index contributed by atoms with van der Waals surface area (Å²) in [6, 6.07) is -0.447. The fraction of sp³-hybridized carbons (Fsp3) is 0.769. The van der Waals surface area contributed by atoms with Crippen LogP contribution in [-0.2, 0) is 4.74 Å². The van der Waals surface area contributed by atoms with E-state index in [1.807, 2.05) is 6.92 Å². The van der Waals surface area contributed by atoms with Gasteiger partial charge in [-0.25, -0.2) is 4.79 Å². The van der Waals surface area contributed by atoms with Crippen molar-refractivity contribution in [3.05, 3.63) is 12.7 Å². The number of amides is 1. The van der Waals surface area contributed by atoms with Crippen LogP contribution in [0.3, 0.4) is 0 Å². The van der Waals surface area contributed by atoms with E-state index in [1.165, 1.54) is 6.08 Å². The largest absolute Gasteiger partial charge is 0.444 e. The van der Waals surface area contributed by atoms with E-state index in [0.29, 0.717) is 0 Å². The second-order valence-electron chi connectivity index (χ2n) is 5.20. The molecule has 0 fully saturated rings. The van der Waals surface area contributed by atoms with Crippen molar-refractivity contribution in [2.45, 2.75) is 63.1 Å². The number of aliphatic hydroxyl groups is 1. The van der Waals surface area contributed by atoms with Crippen LogP contribution in [0, 0.1) is 0 Å². The monoisotopic (exact) mass is 321 g/mol. The van der Waals surface area contributed by atoms with Gasteiger partial charge >= 0.3 is 6.09 Å². The van der Waals surface area contributed by atoms with Crippen LogP contribution in [0.5, 0.6) is 0 Å². The molecule has 0 bridgehead atoms. The molecule has 106 valence electrons. The molecule has 3 atom stereocenters. The third-order valence-electron chi connectivity index (χ3n) is 2.25. The summed E-state index contributed by atoms with van der Waals surface area (Å²) in [6.45, 7) is 11.0. The molecule has 0 heterocycles. The smallest absolute Gasteiger partial charge is 0.408 e. The van der Waals surface area contributed by atoms with Crippen molar-refractivity contribution >= 4 is 22.0 Å². The lowest BCUT2D eigenvalue weighted by Gasteiger charge is -2.28. The molecule has 0 radical (unpaired) electrons. The standard InChI is InChI=1S/C13H24BrNO3/c1-6-8-9(14)11(10(16)7-2)15-12(17)18-13(3,4)5/h7,9-11,16H,2,6,8H2,1,3-5H3,(H,15,17)/t9-,10-,11-/m1/s1. The molecule has 0 saturated carbocycles. The summed E-state index contributed by atoms with van der Waals surface area (Å²) in [6.07, 6.45) is 1.85. The SMILES string of the molecule is C=C[C@@H](O)[C@H](NC(=O)OC(C)(C)C)[C@H](Br)CCC. The molecule has 0 aromatic rings. The molecule has 18 heavy (non-hydrogen) atoms. The number of hydrogen-bond acceptors (Lipinski definition) is 3. The highest BCUT2D eigenvalue weighted by Gasteiger charge is 2.28. The van der Waals surface area contributed by atoms with Crippen LogP contribution in [0.15, 0.2) is 12.7 Å². The maximum absolute atomic E-state index is 11.7. The Morgan fingerprint density at radius 2 is 2.11 bits per heavy atom. The average Bonchev–Trinajstić information content (AvgIpc) is 2.22. The van der Waals surface area contributed by atoms with Gasteiger partial charge in [0, 0.05) is 4.83 Å². The van der Waals surface area contributed by atoms with E-state index in [4.69, 9.17) is 4.74 Å². The van der Waals surface area contributed by atoms with Gasteiger partial charge in [0.05, 0.1) is 12.1 Å². The third kappa shape index (κ3) is 7.01. The number of rotatable bonds is 6. The Kier molecular flexibility index (Phi) is 7.55. The van der Waals surface area contributed by atoms with E-state index in [1.54, 1.807) is 20.8 Å². The number of nitrogens with one attached hydrogen (secondary N) is 1. The zero-order chi connectivity index (χ0) is 14.3. The summed E-state index contributed by atoms with van der Waals surface area (Å²) >= 11 is 3.48. The summed E-state index contributed by atoms with van der Waals surface area (Å²) in [5, 5.41) is 12.5. The van der Waals surface area contributed by atoms with Crippen LogP contribution in [0.25, 0.3) is 0 Å². The van der Waals surface area contributed by atoms with Gasteiger partial charge in [0.25, 0.3) is 0 Å². The molecule has 2 N–H and O–H groups in total. The number of carbonyl (C=O) groups excluding carboxylic acids is 1. The van der Waals surface area contributed by atoms with E-state index >= 15 is 0 Å². The molecule has 0 aliphatic carbocycles. The van der Waals surface area contributed by atoms with Crippen molar-refractivity contribution in [1.82, 2.24) is 5.32 Å². The minimum atomic E-state index is -0.812. The van der Waals surface area contributed by atoms with Crippen molar-refractivity contribution in [3.63, 3.8) is 0 Å². The van der Waals surface area contributed by atoms with Crippen LogP contribution < -0.4 is 5.32 Å². The quantitative estimate of drug-likeness (QED) is 0.584. The Hall–Kier alpha value is -0.550. The normalized spacial score (nSPS) is 16.6. The van der Waals surface area contributed by atoms with Gasteiger partial charge in [-0.05, 0) is 27.2 Å². The third-order valence-corrected chi connectivity index (χ3v) is 3.27. The molecule has 0 aromatic heterocycles. The first kappa shape index (κ1) is 17.4. The van der Waals surface area contributed by atoms with Crippen LogP contribution in [0.1, 0.15) is 40.5 Å². The molecular formula is C13H24BrNO3. The molecule has 0 aromatic carbocycles. The minimum absolute atomic E-state index is 0.0250. The van der Waals surface area contributed by atoms with Gasteiger partial charge in [-0.3, -0.25) is 0 Å². The number of alkyl halides is 1. The molecular weight excluding hydrogens is 298 g/mol. The Morgan fingerprint density at radius 1 is 1.56 bits per heavy atom. The molecule has 0 aliphatic heterocycles.